The lowest BCUT2D eigenvalue weighted by Gasteiger charge is -2.24. The van der Waals surface area contributed by atoms with Gasteiger partial charge in [-0.3, -0.25) is 0 Å². The van der Waals surface area contributed by atoms with E-state index in [1.165, 1.54) is 12.8 Å². The van der Waals surface area contributed by atoms with Crippen molar-refractivity contribution in [1.82, 2.24) is 5.32 Å². The van der Waals surface area contributed by atoms with Crippen molar-refractivity contribution in [2.75, 3.05) is 33.0 Å². The van der Waals surface area contributed by atoms with Crippen LogP contribution in [0.25, 0.3) is 0 Å². The van der Waals surface area contributed by atoms with E-state index in [1.54, 1.807) is 0 Å². The van der Waals surface area contributed by atoms with Crippen molar-refractivity contribution >= 4 is 0 Å². The van der Waals surface area contributed by atoms with Gasteiger partial charge in [0.15, 0.2) is 0 Å². The molecule has 1 N–H and O–H groups in total. The summed E-state index contributed by atoms with van der Waals surface area (Å²) in [5.74, 6) is 0.799. The molecular formula is C11H23NO2. The van der Waals surface area contributed by atoms with Crippen molar-refractivity contribution in [3.8, 4) is 0 Å². The van der Waals surface area contributed by atoms with Gasteiger partial charge < -0.3 is 14.8 Å². The highest BCUT2D eigenvalue weighted by Gasteiger charge is 2.14. The van der Waals surface area contributed by atoms with Gasteiger partial charge in [0.05, 0.1) is 6.61 Å². The molecule has 0 bridgehead atoms. The fourth-order valence-electron chi connectivity index (χ4n) is 1.67. The van der Waals surface area contributed by atoms with Crippen LogP contribution in [0, 0.1) is 5.92 Å². The third-order valence-corrected chi connectivity index (χ3v) is 2.67. The van der Waals surface area contributed by atoms with Crippen LogP contribution in [0.4, 0.5) is 0 Å². The van der Waals surface area contributed by atoms with E-state index in [4.69, 9.17) is 9.47 Å². The van der Waals surface area contributed by atoms with Crippen LogP contribution in [0.2, 0.25) is 0 Å². The van der Waals surface area contributed by atoms with Gasteiger partial charge in [-0.05, 0) is 39.2 Å². The minimum atomic E-state index is 0.470. The van der Waals surface area contributed by atoms with Crippen LogP contribution in [0.5, 0.6) is 0 Å². The summed E-state index contributed by atoms with van der Waals surface area (Å²) in [6.07, 6.45) is 2.41. The second-order valence-corrected chi connectivity index (χ2v) is 4.02. The molecule has 0 aromatic heterocycles. The average molecular weight is 201 g/mol. The molecule has 1 fully saturated rings. The Hall–Kier alpha value is -0.120. The van der Waals surface area contributed by atoms with Gasteiger partial charge in [0.2, 0.25) is 0 Å². The lowest BCUT2D eigenvalue weighted by Crippen LogP contribution is -2.36. The summed E-state index contributed by atoms with van der Waals surface area (Å²) in [7, 11) is 0. The molecule has 0 saturated carbocycles. The summed E-state index contributed by atoms with van der Waals surface area (Å²) in [5, 5.41) is 3.51. The summed E-state index contributed by atoms with van der Waals surface area (Å²) in [6.45, 7) is 8.82. The molecule has 3 nitrogen and oxygen atoms in total. The number of nitrogens with one attached hydrogen (secondary N) is 1. The molecule has 1 rings (SSSR count). The average Bonchev–Trinajstić information content (AvgIpc) is 2.25. The van der Waals surface area contributed by atoms with Crippen LogP contribution in [-0.2, 0) is 9.47 Å². The highest BCUT2D eigenvalue weighted by atomic mass is 16.5. The van der Waals surface area contributed by atoms with Gasteiger partial charge in [0.25, 0.3) is 0 Å². The van der Waals surface area contributed by atoms with Crippen molar-refractivity contribution in [1.29, 1.82) is 0 Å². The van der Waals surface area contributed by atoms with Crippen molar-refractivity contribution < 1.29 is 9.47 Å². The Kier molecular flexibility index (Phi) is 6.15. The molecule has 1 aliphatic heterocycles. The molecule has 0 aromatic carbocycles. The van der Waals surface area contributed by atoms with E-state index >= 15 is 0 Å². The first-order valence-electron chi connectivity index (χ1n) is 5.71. The molecule has 84 valence electrons. The quantitative estimate of drug-likeness (QED) is 0.705. The van der Waals surface area contributed by atoms with Crippen molar-refractivity contribution in [3.63, 3.8) is 0 Å². The number of rotatable bonds is 6. The minimum Gasteiger partial charge on any atom is -0.381 e. The molecular weight excluding hydrogens is 178 g/mol. The van der Waals surface area contributed by atoms with Crippen LogP contribution in [0.15, 0.2) is 0 Å². The zero-order chi connectivity index (χ0) is 10.2. The summed E-state index contributed by atoms with van der Waals surface area (Å²) >= 11 is 0. The van der Waals surface area contributed by atoms with E-state index in [-0.39, 0.29) is 0 Å². The lowest BCUT2D eigenvalue weighted by molar-refractivity contribution is 0.0632. The van der Waals surface area contributed by atoms with Gasteiger partial charge in [-0.15, -0.1) is 0 Å². The number of hydrogen-bond acceptors (Lipinski definition) is 3. The van der Waals surface area contributed by atoms with Gasteiger partial charge in [0.1, 0.15) is 0 Å². The molecule has 0 aliphatic carbocycles. The topological polar surface area (TPSA) is 30.5 Å². The highest BCUT2D eigenvalue weighted by Crippen LogP contribution is 2.13. The Morgan fingerprint density at radius 2 is 2.14 bits per heavy atom. The van der Waals surface area contributed by atoms with Crippen molar-refractivity contribution in [3.05, 3.63) is 0 Å². The molecule has 14 heavy (non-hydrogen) atoms. The van der Waals surface area contributed by atoms with E-state index in [0.29, 0.717) is 6.04 Å². The predicted octanol–water partition coefficient (Wildman–Crippen LogP) is 1.43. The molecule has 1 unspecified atom stereocenters. The Labute approximate surface area is 87.2 Å². The summed E-state index contributed by atoms with van der Waals surface area (Å²) in [6, 6.07) is 0.470. The van der Waals surface area contributed by atoms with Crippen molar-refractivity contribution in [2.24, 2.45) is 5.92 Å². The highest BCUT2D eigenvalue weighted by molar-refractivity contribution is 4.68. The first-order chi connectivity index (χ1) is 6.83. The molecule has 0 radical (unpaired) electrons. The summed E-state index contributed by atoms with van der Waals surface area (Å²) in [4.78, 5) is 0. The van der Waals surface area contributed by atoms with E-state index < -0.39 is 0 Å². The molecule has 0 aromatic rings. The minimum absolute atomic E-state index is 0.470. The Morgan fingerprint density at radius 3 is 2.79 bits per heavy atom. The summed E-state index contributed by atoms with van der Waals surface area (Å²) in [5.41, 5.74) is 0. The SMILES string of the molecule is CCOCC(C)NCC1CCOCC1. The first-order valence-corrected chi connectivity index (χ1v) is 5.71. The monoisotopic (exact) mass is 201 g/mol. The van der Waals surface area contributed by atoms with Crippen LogP contribution < -0.4 is 5.32 Å². The van der Waals surface area contributed by atoms with E-state index in [2.05, 4.69) is 12.2 Å². The van der Waals surface area contributed by atoms with Crippen molar-refractivity contribution in [2.45, 2.75) is 32.7 Å². The predicted molar refractivity (Wildman–Crippen MR) is 57.5 cm³/mol. The summed E-state index contributed by atoms with van der Waals surface area (Å²) < 4.78 is 10.7. The third kappa shape index (κ3) is 4.94. The Balaban J connectivity index is 2.00. The normalized spacial score (nSPS) is 21.0. The van der Waals surface area contributed by atoms with E-state index in [9.17, 15) is 0 Å². The first kappa shape index (κ1) is 12.0. The molecule has 0 amide bonds. The zero-order valence-corrected chi connectivity index (χ0v) is 9.42. The van der Waals surface area contributed by atoms with Gasteiger partial charge in [-0.1, -0.05) is 0 Å². The fourth-order valence-corrected chi connectivity index (χ4v) is 1.67. The molecule has 1 atom stereocenters. The van der Waals surface area contributed by atoms with Crippen LogP contribution in [0.1, 0.15) is 26.7 Å². The van der Waals surface area contributed by atoms with Gasteiger partial charge in [-0.25, -0.2) is 0 Å². The zero-order valence-electron chi connectivity index (χ0n) is 9.42. The van der Waals surface area contributed by atoms with Crippen LogP contribution >= 0.6 is 0 Å². The van der Waals surface area contributed by atoms with Crippen LogP contribution in [-0.4, -0.2) is 39.0 Å². The fraction of sp³-hybridized carbons (Fsp3) is 1.00. The Morgan fingerprint density at radius 1 is 1.43 bits per heavy atom. The molecule has 1 aliphatic rings. The standard InChI is InChI=1S/C11H23NO2/c1-3-13-9-10(2)12-8-11-4-6-14-7-5-11/h10-12H,3-9H2,1-2H3. The molecule has 1 heterocycles. The molecule has 1 saturated heterocycles. The van der Waals surface area contributed by atoms with Crippen LogP contribution in [0.3, 0.4) is 0 Å². The largest absolute Gasteiger partial charge is 0.381 e. The maximum atomic E-state index is 5.35. The number of hydrogen-bond donors (Lipinski definition) is 1. The molecule has 3 heteroatoms. The second-order valence-electron chi connectivity index (χ2n) is 4.02. The molecule has 0 spiro atoms. The smallest absolute Gasteiger partial charge is 0.0616 e. The third-order valence-electron chi connectivity index (χ3n) is 2.67. The maximum Gasteiger partial charge on any atom is 0.0616 e. The maximum absolute atomic E-state index is 5.35. The Bertz CT molecular complexity index is 135. The lowest BCUT2D eigenvalue weighted by atomic mass is 10.0. The van der Waals surface area contributed by atoms with Gasteiger partial charge in [0, 0.05) is 25.9 Å². The van der Waals surface area contributed by atoms with E-state index in [1.807, 2.05) is 6.92 Å². The van der Waals surface area contributed by atoms with E-state index in [0.717, 1.165) is 38.9 Å². The van der Waals surface area contributed by atoms with Gasteiger partial charge >= 0.3 is 0 Å². The second kappa shape index (κ2) is 7.21. The number of ether oxygens (including phenoxy) is 2. The van der Waals surface area contributed by atoms with Gasteiger partial charge in [-0.2, -0.15) is 0 Å².